The Morgan fingerprint density at radius 2 is 0.714 bits per heavy atom. The molecule has 0 aliphatic rings. The van der Waals surface area contributed by atoms with E-state index in [0.29, 0.717) is 0 Å². The van der Waals surface area contributed by atoms with Crippen molar-refractivity contribution in [3.05, 3.63) is 97.6 Å². The molecule has 0 saturated carbocycles. The van der Waals surface area contributed by atoms with Gasteiger partial charge in [-0.1, -0.05) is 24.3 Å². The van der Waals surface area contributed by atoms with Gasteiger partial charge in [-0.05, 0) is 48.5 Å². The SMILES string of the molecule is O=S(=O)([O-])SSS(=O)(=O)[O-].[Mn+2].c1ccc(-c2ccccn2)nc1.c1ccc(-c2ccccn2)nc1. The molecular weight excluding hydrogens is 575 g/mol. The third-order valence-corrected chi connectivity index (χ3v) is 9.93. The van der Waals surface area contributed by atoms with E-state index in [0.717, 1.165) is 22.8 Å². The number of nitrogens with zero attached hydrogens (tertiary/aromatic N) is 4. The number of rotatable bonds is 5. The normalized spacial score (nSPS) is 10.5. The molecular formula is C20H16MnN4O6S4. The zero-order valence-electron chi connectivity index (χ0n) is 17.5. The second-order valence-corrected chi connectivity index (χ2v) is 13.4. The maximum atomic E-state index is 9.66. The zero-order chi connectivity index (χ0) is 24.9. The maximum absolute atomic E-state index is 9.66. The van der Waals surface area contributed by atoms with Crippen LogP contribution in [0.1, 0.15) is 0 Å². The summed E-state index contributed by atoms with van der Waals surface area (Å²) in [5.74, 6) is 0. The summed E-state index contributed by atoms with van der Waals surface area (Å²) >= 11 is 0. The van der Waals surface area contributed by atoms with E-state index in [-0.39, 0.29) is 17.1 Å². The molecule has 0 atom stereocenters. The van der Waals surface area contributed by atoms with Gasteiger partial charge in [0, 0.05) is 44.4 Å². The van der Waals surface area contributed by atoms with Crippen LogP contribution in [0.2, 0.25) is 0 Å². The molecule has 1 radical (unpaired) electrons. The Hall–Kier alpha value is -2.36. The first-order valence-electron chi connectivity index (χ1n) is 9.08. The second kappa shape index (κ2) is 15.6. The van der Waals surface area contributed by atoms with Crippen LogP contribution in [0.15, 0.2) is 97.6 Å². The molecule has 183 valence electrons. The molecule has 0 fully saturated rings. The van der Waals surface area contributed by atoms with Crippen molar-refractivity contribution in [2.45, 2.75) is 0 Å². The third kappa shape index (κ3) is 13.9. The van der Waals surface area contributed by atoms with Crippen LogP contribution < -0.4 is 0 Å². The minimum atomic E-state index is -4.71. The average Bonchev–Trinajstić information content (AvgIpc) is 2.85. The fourth-order valence-corrected chi connectivity index (χ4v) is 7.57. The summed E-state index contributed by atoms with van der Waals surface area (Å²) in [6.45, 7) is 0. The minimum absolute atomic E-state index is 0. The molecule has 0 aromatic carbocycles. The first-order valence-corrected chi connectivity index (χ1v) is 15.1. The van der Waals surface area contributed by atoms with Gasteiger partial charge in [0.05, 0.1) is 22.8 Å². The summed E-state index contributed by atoms with van der Waals surface area (Å²) in [5, 5.41) is 0. The molecule has 0 aliphatic carbocycles. The van der Waals surface area contributed by atoms with E-state index in [4.69, 9.17) is 0 Å². The van der Waals surface area contributed by atoms with E-state index in [1.165, 1.54) is 0 Å². The van der Waals surface area contributed by atoms with Crippen molar-refractivity contribution >= 4 is 38.0 Å². The largest absolute Gasteiger partial charge is 2.00 e. The number of aromatic nitrogens is 4. The quantitative estimate of drug-likeness (QED) is 0.188. The summed E-state index contributed by atoms with van der Waals surface area (Å²) in [7, 11) is -10.5. The molecule has 4 heterocycles. The zero-order valence-corrected chi connectivity index (χ0v) is 21.9. The van der Waals surface area contributed by atoms with E-state index in [1.807, 2.05) is 72.8 Å². The molecule has 0 unspecified atom stereocenters. The molecule has 4 aromatic heterocycles. The van der Waals surface area contributed by atoms with Gasteiger partial charge in [0.1, 0.15) is 0 Å². The standard InChI is InChI=1S/2C10H8N2.Mn.H2O6S4/c2*1-3-7-11-9(5-1)10-6-2-4-8-12-10;;1-9(2,3)7-8-10(4,5)6/h2*1-8H;;(H,1,2,3)(H,4,5,6)/q;;+2;/p-2. The monoisotopic (exact) mass is 591 g/mol. The van der Waals surface area contributed by atoms with Gasteiger partial charge in [-0.3, -0.25) is 19.9 Å². The Bertz CT molecular complexity index is 1160. The molecule has 0 bridgehead atoms. The topological polar surface area (TPSA) is 166 Å². The molecule has 0 N–H and O–H groups in total. The van der Waals surface area contributed by atoms with Gasteiger partial charge in [-0.15, -0.1) is 0 Å². The summed E-state index contributed by atoms with van der Waals surface area (Å²) in [6, 6.07) is 23.2. The molecule has 0 amide bonds. The van der Waals surface area contributed by atoms with Crippen LogP contribution in [-0.4, -0.2) is 45.9 Å². The smallest absolute Gasteiger partial charge is 0.739 e. The Balaban J connectivity index is 0.000000261. The van der Waals surface area contributed by atoms with Crippen molar-refractivity contribution in [3.8, 4) is 22.8 Å². The third-order valence-electron chi connectivity index (χ3n) is 3.38. The van der Waals surface area contributed by atoms with Crippen molar-refractivity contribution in [2.24, 2.45) is 0 Å². The molecule has 4 rings (SSSR count). The van der Waals surface area contributed by atoms with Crippen molar-refractivity contribution in [1.82, 2.24) is 19.9 Å². The first kappa shape index (κ1) is 30.7. The van der Waals surface area contributed by atoms with Crippen LogP contribution in [-0.2, 0) is 35.4 Å². The summed E-state index contributed by atoms with van der Waals surface area (Å²) in [5.41, 5.74) is 3.66. The van der Waals surface area contributed by atoms with Crippen LogP contribution in [0.4, 0.5) is 0 Å². The molecule has 10 nitrogen and oxygen atoms in total. The Kier molecular flexibility index (Phi) is 13.7. The van der Waals surface area contributed by atoms with Crippen LogP contribution >= 0.6 is 19.7 Å². The number of hydrogen-bond donors (Lipinski definition) is 0. The molecule has 0 aliphatic heterocycles. The second-order valence-electron chi connectivity index (χ2n) is 5.81. The van der Waals surface area contributed by atoms with Gasteiger partial charge in [0.25, 0.3) is 0 Å². The van der Waals surface area contributed by atoms with Gasteiger partial charge in [-0.25, -0.2) is 16.8 Å². The van der Waals surface area contributed by atoms with Crippen LogP contribution in [0.3, 0.4) is 0 Å². The Labute approximate surface area is 220 Å². The maximum Gasteiger partial charge on any atom is 2.00 e. The number of pyridine rings is 4. The molecule has 0 saturated heterocycles. The van der Waals surface area contributed by atoms with E-state index < -0.39 is 38.0 Å². The van der Waals surface area contributed by atoms with Gasteiger partial charge in [0.2, 0.25) is 0 Å². The van der Waals surface area contributed by atoms with E-state index in [1.54, 1.807) is 24.8 Å². The average molecular weight is 592 g/mol. The Morgan fingerprint density at radius 3 is 0.857 bits per heavy atom. The van der Waals surface area contributed by atoms with Crippen LogP contribution in [0.5, 0.6) is 0 Å². The van der Waals surface area contributed by atoms with Crippen molar-refractivity contribution in [2.75, 3.05) is 0 Å². The summed E-state index contributed by atoms with van der Waals surface area (Å²) in [4.78, 5) is 16.7. The first-order chi connectivity index (χ1) is 16.1. The van der Waals surface area contributed by atoms with Crippen molar-refractivity contribution in [3.63, 3.8) is 0 Å². The van der Waals surface area contributed by atoms with Gasteiger partial charge < -0.3 is 9.11 Å². The van der Waals surface area contributed by atoms with Gasteiger partial charge in [0.15, 0.2) is 18.3 Å². The molecule has 0 spiro atoms. The van der Waals surface area contributed by atoms with Gasteiger partial charge >= 0.3 is 17.1 Å². The van der Waals surface area contributed by atoms with E-state index in [2.05, 4.69) is 19.9 Å². The Morgan fingerprint density at radius 1 is 0.486 bits per heavy atom. The minimum Gasteiger partial charge on any atom is -0.739 e. The van der Waals surface area contributed by atoms with Crippen LogP contribution in [0, 0.1) is 0 Å². The molecule has 35 heavy (non-hydrogen) atoms. The predicted molar refractivity (Wildman–Crippen MR) is 130 cm³/mol. The summed E-state index contributed by atoms with van der Waals surface area (Å²) < 4.78 is 58.0. The summed E-state index contributed by atoms with van der Waals surface area (Å²) in [6.07, 6.45) is 7.07. The molecule has 4 aromatic rings. The fourth-order valence-electron chi connectivity index (χ4n) is 2.13. The van der Waals surface area contributed by atoms with Crippen molar-refractivity contribution in [1.29, 1.82) is 0 Å². The predicted octanol–water partition coefficient (Wildman–Crippen LogP) is 3.57. The van der Waals surface area contributed by atoms with Crippen molar-refractivity contribution < 1.29 is 43.0 Å². The number of hydrogen-bond acceptors (Lipinski definition) is 12. The van der Waals surface area contributed by atoms with E-state index in [9.17, 15) is 25.9 Å². The van der Waals surface area contributed by atoms with E-state index >= 15 is 0 Å². The van der Waals surface area contributed by atoms with Gasteiger partial charge in [-0.2, -0.15) is 0 Å². The molecule has 15 heteroatoms. The van der Waals surface area contributed by atoms with Crippen LogP contribution in [0.25, 0.3) is 22.8 Å². The fraction of sp³-hybridized carbons (Fsp3) is 0.